The molecule has 8 nitrogen and oxygen atoms in total. The lowest BCUT2D eigenvalue weighted by Gasteiger charge is -2.35. The van der Waals surface area contributed by atoms with Crippen LogP contribution in [-0.2, 0) is 14.8 Å². The lowest BCUT2D eigenvalue weighted by molar-refractivity contribution is -0.138. The molecular formula is C16H26N4O4S. The molecule has 25 heavy (non-hydrogen) atoms. The number of nitrogens with one attached hydrogen (secondary N) is 2. The lowest BCUT2D eigenvalue weighted by Crippen LogP contribution is -2.59. The number of aromatic nitrogens is 1. The van der Waals surface area contributed by atoms with Gasteiger partial charge in [-0.3, -0.25) is 4.79 Å². The van der Waals surface area contributed by atoms with Gasteiger partial charge in [-0.05, 0) is 39.7 Å². The number of sulfonamides is 1. The van der Waals surface area contributed by atoms with E-state index in [2.05, 4.69) is 15.2 Å². The monoisotopic (exact) mass is 370 g/mol. The van der Waals surface area contributed by atoms with Crippen molar-refractivity contribution in [3.05, 3.63) is 11.5 Å². The fourth-order valence-electron chi connectivity index (χ4n) is 3.98. The van der Waals surface area contributed by atoms with E-state index in [9.17, 15) is 13.2 Å². The molecule has 2 fully saturated rings. The third-order valence-electron chi connectivity index (χ3n) is 5.34. The van der Waals surface area contributed by atoms with Crippen LogP contribution in [-0.4, -0.2) is 56.1 Å². The van der Waals surface area contributed by atoms with Crippen LogP contribution >= 0.6 is 0 Å². The summed E-state index contributed by atoms with van der Waals surface area (Å²) in [5.74, 6) is 0.0907. The van der Waals surface area contributed by atoms with E-state index < -0.39 is 15.6 Å². The molecular weight excluding hydrogens is 344 g/mol. The molecule has 2 N–H and O–H groups in total. The number of hydrogen-bond donors (Lipinski definition) is 2. The van der Waals surface area contributed by atoms with Crippen molar-refractivity contribution in [1.82, 2.24) is 20.1 Å². The van der Waals surface area contributed by atoms with Crippen molar-refractivity contribution in [1.29, 1.82) is 0 Å². The van der Waals surface area contributed by atoms with Crippen molar-refractivity contribution < 1.29 is 17.7 Å². The first-order chi connectivity index (χ1) is 11.8. The molecule has 2 aliphatic rings. The smallest absolute Gasteiger partial charge is 0.246 e. The summed E-state index contributed by atoms with van der Waals surface area (Å²) >= 11 is 0. The molecule has 1 unspecified atom stereocenters. The molecule has 2 heterocycles. The number of amides is 1. The first-order valence-corrected chi connectivity index (χ1v) is 10.2. The molecule has 1 atom stereocenters. The van der Waals surface area contributed by atoms with Crippen LogP contribution < -0.4 is 10.0 Å². The minimum Gasteiger partial charge on any atom is -0.360 e. The van der Waals surface area contributed by atoms with Crippen LogP contribution in [0, 0.1) is 13.8 Å². The first kappa shape index (κ1) is 18.3. The van der Waals surface area contributed by atoms with Gasteiger partial charge in [0.1, 0.15) is 16.1 Å². The topological polar surface area (TPSA) is 105 Å². The van der Waals surface area contributed by atoms with Crippen molar-refractivity contribution in [2.24, 2.45) is 0 Å². The zero-order valence-corrected chi connectivity index (χ0v) is 15.8. The molecule has 1 aromatic heterocycles. The Balaban J connectivity index is 1.89. The largest absolute Gasteiger partial charge is 0.360 e. The molecule has 1 aliphatic carbocycles. The molecule has 0 aromatic carbocycles. The van der Waals surface area contributed by atoms with Crippen molar-refractivity contribution in [3.63, 3.8) is 0 Å². The van der Waals surface area contributed by atoms with E-state index >= 15 is 0 Å². The van der Waals surface area contributed by atoms with Gasteiger partial charge in [-0.1, -0.05) is 18.0 Å². The Bertz CT molecular complexity index is 727. The summed E-state index contributed by atoms with van der Waals surface area (Å²) in [5, 5.41) is 6.97. The maximum absolute atomic E-state index is 13.2. The van der Waals surface area contributed by atoms with Crippen LogP contribution in [0.5, 0.6) is 0 Å². The molecule has 1 amide bonds. The van der Waals surface area contributed by atoms with Gasteiger partial charge in [0.15, 0.2) is 5.76 Å². The molecule has 3 rings (SSSR count). The van der Waals surface area contributed by atoms with E-state index in [1.165, 1.54) is 0 Å². The predicted octanol–water partition coefficient (Wildman–Crippen LogP) is 0.703. The highest BCUT2D eigenvalue weighted by Crippen LogP contribution is 2.34. The maximum atomic E-state index is 13.2. The molecule has 140 valence electrons. The van der Waals surface area contributed by atoms with Gasteiger partial charge >= 0.3 is 0 Å². The number of carbonyl (C=O) groups is 1. The predicted molar refractivity (Wildman–Crippen MR) is 91.5 cm³/mol. The summed E-state index contributed by atoms with van der Waals surface area (Å²) in [6, 6.07) is 0.105. The normalized spacial score (nSPS) is 23.1. The number of nitrogens with zero attached hydrogens (tertiary/aromatic N) is 2. The van der Waals surface area contributed by atoms with E-state index in [0.717, 1.165) is 32.4 Å². The van der Waals surface area contributed by atoms with E-state index in [-0.39, 0.29) is 22.6 Å². The SMILES string of the molecule is Cc1noc(C)c1S(=O)(=O)NC1(C(=O)N(C)C2CCNC2)CCCC1. The van der Waals surface area contributed by atoms with Gasteiger partial charge in [0.05, 0.1) is 0 Å². The van der Waals surface area contributed by atoms with Gasteiger partial charge in [0.2, 0.25) is 15.9 Å². The molecule has 0 radical (unpaired) electrons. The number of hydrogen-bond acceptors (Lipinski definition) is 6. The second-order valence-electron chi connectivity index (χ2n) is 7.11. The molecule has 1 aliphatic heterocycles. The summed E-state index contributed by atoms with van der Waals surface area (Å²) in [7, 11) is -2.12. The van der Waals surface area contributed by atoms with Gasteiger partial charge in [-0.2, -0.15) is 4.72 Å². The lowest BCUT2D eigenvalue weighted by atomic mass is 9.96. The number of likely N-dealkylation sites (N-methyl/N-ethyl adjacent to an activating group) is 1. The minimum atomic E-state index is -3.89. The molecule has 1 saturated carbocycles. The Morgan fingerprint density at radius 2 is 2.04 bits per heavy atom. The van der Waals surface area contributed by atoms with Crippen LogP contribution in [0.1, 0.15) is 43.6 Å². The highest BCUT2D eigenvalue weighted by atomic mass is 32.2. The van der Waals surface area contributed by atoms with Gasteiger partial charge in [-0.15, -0.1) is 0 Å². The van der Waals surface area contributed by atoms with E-state index in [1.54, 1.807) is 25.8 Å². The van der Waals surface area contributed by atoms with Gasteiger partial charge in [0, 0.05) is 19.6 Å². The van der Waals surface area contributed by atoms with Crippen molar-refractivity contribution >= 4 is 15.9 Å². The molecule has 9 heteroatoms. The average molecular weight is 370 g/mol. The summed E-state index contributed by atoms with van der Waals surface area (Å²) in [6.07, 6.45) is 3.56. The Morgan fingerprint density at radius 1 is 1.36 bits per heavy atom. The summed E-state index contributed by atoms with van der Waals surface area (Å²) in [6.45, 7) is 4.77. The van der Waals surface area contributed by atoms with E-state index in [4.69, 9.17) is 4.52 Å². The average Bonchev–Trinajstić information content (AvgIpc) is 3.27. The highest BCUT2D eigenvalue weighted by molar-refractivity contribution is 7.89. The Labute approximate surface area is 148 Å². The number of rotatable bonds is 5. The van der Waals surface area contributed by atoms with Gasteiger partial charge < -0.3 is 14.7 Å². The summed E-state index contributed by atoms with van der Waals surface area (Å²) < 4.78 is 33.6. The molecule has 0 bridgehead atoms. The van der Waals surface area contributed by atoms with Gasteiger partial charge in [0.25, 0.3) is 0 Å². The number of aryl methyl sites for hydroxylation is 2. The maximum Gasteiger partial charge on any atom is 0.246 e. The third kappa shape index (κ3) is 3.32. The number of carbonyl (C=O) groups excluding carboxylic acids is 1. The third-order valence-corrected chi connectivity index (χ3v) is 7.11. The van der Waals surface area contributed by atoms with Crippen LogP contribution in [0.15, 0.2) is 9.42 Å². The van der Waals surface area contributed by atoms with Crippen molar-refractivity contribution in [2.75, 3.05) is 20.1 Å². The van der Waals surface area contributed by atoms with Crippen molar-refractivity contribution in [2.45, 2.75) is 62.4 Å². The zero-order chi connectivity index (χ0) is 18.2. The quantitative estimate of drug-likeness (QED) is 0.791. The van der Waals surface area contributed by atoms with Gasteiger partial charge in [-0.25, -0.2) is 8.42 Å². The summed E-state index contributed by atoms with van der Waals surface area (Å²) in [4.78, 5) is 15.0. The first-order valence-electron chi connectivity index (χ1n) is 8.72. The van der Waals surface area contributed by atoms with Crippen LogP contribution in [0.3, 0.4) is 0 Å². The van der Waals surface area contributed by atoms with E-state index in [0.29, 0.717) is 18.5 Å². The highest BCUT2D eigenvalue weighted by Gasteiger charge is 2.48. The fourth-order valence-corrected chi connectivity index (χ4v) is 5.73. The Hall–Kier alpha value is -1.45. The molecule has 1 aromatic rings. The van der Waals surface area contributed by atoms with Crippen LogP contribution in [0.2, 0.25) is 0 Å². The van der Waals surface area contributed by atoms with Crippen LogP contribution in [0.25, 0.3) is 0 Å². The second kappa shape index (κ2) is 6.69. The Morgan fingerprint density at radius 3 is 2.56 bits per heavy atom. The Kier molecular flexibility index (Phi) is 4.91. The minimum absolute atomic E-state index is 0.0387. The fraction of sp³-hybridized carbons (Fsp3) is 0.750. The van der Waals surface area contributed by atoms with Crippen LogP contribution in [0.4, 0.5) is 0 Å². The van der Waals surface area contributed by atoms with Crippen molar-refractivity contribution in [3.8, 4) is 0 Å². The summed E-state index contributed by atoms with van der Waals surface area (Å²) in [5.41, 5.74) is -0.772. The second-order valence-corrected chi connectivity index (χ2v) is 8.73. The zero-order valence-electron chi connectivity index (χ0n) is 15.0. The molecule has 1 saturated heterocycles. The van der Waals surface area contributed by atoms with E-state index in [1.807, 2.05) is 0 Å². The standard InChI is InChI=1S/C16H26N4O4S/c1-11-14(12(2)24-18-11)25(22,23)19-16(7-4-5-8-16)15(21)20(3)13-6-9-17-10-13/h13,17,19H,4-10H2,1-3H3. The molecule has 0 spiro atoms.